The van der Waals surface area contributed by atoms with Gasteiger partial charge in [0, 0.05) is 32.0 Å². The van der Waals surface area contributed by atoms with Crippen LogP contribution >= 0.6 is 0 Å². The van der Waals surface area contributed by atoms with Gasteiger partial charge in [0.1, 0.15) is 5.82 Å². The predicted octanol–water partition coefficient (Wildman–Crippen LogP) is 3.09. The van der Waals surface area contributed by atoms with Crippen LogP contribution in [0.15, 0.2) is 53.3 Å². The number of hydrogen-bond donors (Lipinski definition) is 1. The maximum Gasteiger partial charge on any atom is 0.347 e. The van der Waals surface area contributed by atoms with E-state index in [1.54, 1.807) is 4.57 Å². The summed E-state index contributed by atoms with van der Waals surface area (Å²) in [7, 11) is 4.13. The topological polar surface area (TPSA) is 74.2 Å². The molecular formula is C26H31N5O2. The van der Waals surface area contributed by atoms with Crippen molar-refractivity contribution in [1.29, 1.82) is 0 Å². The van der Waals surface area contributed by atoms with Crippen molar-refractivity contribution in [3.05, 3.63) is 70.4 Å². The molecule has 2 aromatic carbocycles. The minimum Gasteiger partial charge on any atom is -0.342 e. The van der Waals surface area contributed by atoms with E-state index in [2.05, 4.69) is 65.6 Å². The molecule has 1 unspecified atom stereocenters. The van der Waals surface area contributed by atoms with E-state index in [4.69, 9.17) is 0 Å². The summed E-state index contributed by atoms with van der Waals surface area (Å²) in [5.74, 6) is 1.63. The summed E-state index contributed by atoms with van der Waals surface area (Å²) in [6, 6.07) is 16.6. The van der Waals surface area contributed by atoms with Gasteiger partial charge in [0.15, 0.2) is 0 Å². The normalized spacial score (nSPS) is 18.3. The van der Waals surface area contributed by atoms with E-state index in [1.807, 2.05) is 17.0 Å². The highest BCUT2D eigenvalue weighted by molar-refractivity contribution is 5.81. The molecule has 1 amide bonds. The second-order valence-electron chi connectivity index (χ2n) is 9.68. The number of aromatic nitrogens is 3. The second-order valence-corrected chi connectivity index (χ2v) is 9.68. The zero-order valence-electron chi connectivity index (χ0n) is 19.3. The number of amides is 1. The number of hydrogen-bond acceptors (Lipinski definition) is 4. The summed E-state index contributed by atoms with van der Waals surface area (Å²) in [6.45, 7) is 2.47. The van der Waals surface area contributed by atoms with Gasteiger partial charge in [-0.1, -0.05) is 30.3 Å². The fourth-order valence-electron chi connectivity index (χ4n) is 4.80. The van der Waals surface area contributed by atoms with Crippen LogP contribution in [-0.2, 0) is 17.8 Å². The standard InChI is InChI=1S/C26H31N5O2/c1-29(2)16-18-4-3-5-22(14-18)20-8-10-23(11-9-20)31-24(27-28-26(31)33)15-19-12-13-30(17-19)25(32)21-6-7-21/h3-5,8-11,14,19,21H,6-7,12-13,15-17H2,1-2H3,(H,28,33). The van der Waals surface area contributed by atoms with Crippen molar-refractivity contribution in [1.82, 2.24) is 24.6 Å². The molecule has 0 bridgehead atoms. The molecule has 2 aliphatic rings. The minimum atomic E-state index is -0.227. The lowest BCUT2D eigenvalue weighted by molar-refractivity contribution is -0.131. The molecule has 3 aromatic rings. The number of H-pyrrole nitrogens is 1. The van der Waals surface area contributed by atoms with Gasteiger partial charge in [-0.15, -0.1) is 0 Å². The number of benzene rings is 2. The van der Waals surface area contributed by atoms with Gasteiger partial charge in [0.05, 0.1) is 5.69 Å². The van der Waals surface area contributed by atoms with Gasteiger partial charge >= 0.3 is 5.69 Å². The van der Waals surface area contributed by atoms with Crippen LogP contribution in [-0.4, -0.2) is 57.7 Å². The molecule has 2 heterocycles. The number of likely N-dealkylation sites (tertiary alicyclic amines) is 1. The van der Waals surface area contributed by atoms with Crippen LogP contribution in [0.3, 0.4) is 0 Å². The molecule has 0 radical (unpaired) electrons. The molecule has 1 N–H and O–H groups in total. The predicted molar refractivity (Wildman–Crippen MR) is 128 cm³/mol. The van der Waals surface area contributed by atoms with E-state index in [1.165, 1.54) is 5.56 Å². The summed E-state index contributed by atoms with van der Waals surface area (Å²) < 4.78 is 1.66. The molecule has 1 aliphatic carbocycles. The Morgan fingerprint density at radius 2 is 1.88 bits per heavy atom. The number of rotatable bonds is 7. The Morgan fingerprint density at radius 1 is 1.09 bits per heavy atom. The van der Waals surface area contributed by atoms with E-state index in [0.29, 0.717) is 18.2 Å². The summed E-state index contributed by atoms with van der Waals surface area (Å²) in [6.07, 6.45) is 3.72. The third kappa shape index (κ3) is 4.78. The van der Waals surface area contributed by atoms with E-state index in [0.717, 1.165) is 61.5 Å². The zero-order chi connectivity index (χ0) is 22.9. The summed E-state index contributed by atoms with van der Waals surface area (Å²) in [5, 5.41) is 6.93. The SMILES string of the molecule is CN(C)Cc1cccc(-c2ccc(-n3c(CC4CCN(C(=O)C5CC5)C4)n[nH]c3=O)cc2)c1. The molecule has 0 spiro atoms. The third-order valence-corrected chi connectivity index (χ3v) is 6.62. The number of carbonyl (C=O) groups excluding carboxylic acids is 1. The van der Waals surface area contributed by atoms with Crippen LogP contribution in [0.1, 0.15) is 30.7 Å². The fraction of sp³-hybridized carbons (Fsp3) is 0.423. The molecular weight excluding hydrogens is 414 g/mol. The van der Waals surface area contributed by atoms with E-state index >= 15 is 0 Å². The summed E-state index contributed by atoms with van der Waals surface area (Å²) in [4.78, 5) is 29.1. The Balaban J connectivity index is 1.32. The van der Waals surface area contributed by atoms with Gasteiger partial charge in [0.2, 0.25) is 5.91 Å². The number of nitrogens with one attached hydrogen (secondary N) is 1. The van der Waals surface area contributed by atoms with Crippen LogP contribution in [0.4, 0.5) is 0 Å². The Hall–Kier alpha value is -3.19. The highest BCUT2D eigenvalue weighted by Gasteiger charge is 2.36. The van der Waals surface area contributed by atoms with E-state index < -0.39 is 0 Å². The van der Waals surface area contributed by atoms with Gasteiger partial charge in [-0.25, -0.2) is 14.5 Å². The van der Waals surface area contributed by atoms with Gasteiger partial charge in [-0.05, 0) is 74.2 Å². The second kappa shape index (κ2) is 8.98. The number of aromatic amines is 1. The third-order valence-electron chi connectivity index (χ3n) is 6.62. The van der Waals surface area contributed by atoms with E-state index in [9.17, 15) is 9.59 Å². The smallest absolute Gasteiger partial charge is 0.342 e. The maximum absolute atomic E-state index is 12.6. The van der Waals surface area contributed by atoms with Crippen molar-refractivity contribution in [3.63, 3.8) is 0 Å². The molecule has 2 fully saturated rings. The lowest BCUT2D eigenvalue weighted by Gasteiger charge is -2.16. The Kier molecular flexibility index (Phi) is 5.89. The van der Waals surface area contributed by atoms with Gasteiger partial charge < -0.3 is 9.80 Å². The molecule has 7 nitrogen and oxygen atoms in total. The highest BCUT2D eigenvalue weighted by Crippen LogP contribution is 2.33. The summed E-state index contributed by atoms with van der Waals surface area (Å²) in [5.41, 5.74) is 4.12. The first-order valence-corrected chi connectivity index (χ1v) is 11.8. The molecule has 172 valence electrons. The molecule has 1 saturated heterocycles. The lowest BCUT2D eigenvalue weighted by atomic mass is 10.0. The maximum atomic E-state index is 12.6. The molecule has 33 heavy (non-hydrogen) atoms. The van der Waals surface area contributed by atoms with Gasteiger partial charge in [-0.3, -0.25) is 4.79 Å². The Morgan fingerprint density at radius 3 is 2.61 bits per heavy atom. The molecule has 1 saturated carbocycles. The molecule has 1 atom stereocenters. The van der Waals surface area contributed by atoms with Crippen molar-refractivity contribution in [2.24, 2.45) is 11.8 Å². The molecule has 1 aliphatic heterocycles. The Labute approximate surface area is 194 Å². The van der Waals surface area contributed by atoms with Crippen molar-refractivity contribution < 1.29 is 4.79 Å². The van der Waals surface area contributed by atoms with Crippen molar-refractivity contribution in [3.8, 4) is 16.8 Å². The van der Waals surface area contributed by atoms with Crippen LogP contribution in [0.2, 0.25) is 0 Å². The quantitative estimate of drug-likeness (QED) is 0.607. The first-order chi connectivity index (χ1) is 16.0. The van der Waals surface area contributed by atoms with Crippen LogP contribution in [0.25, 0.3) is 16.8 Å². The first kappa shape index (κ1) is 21.6. The summed E-state index contributed by atoms with van der Waals surface area (Å²) >= 11 is 0. The minimum absolute atomic E-state index is 0.227. The van der Waals surface area contributed by atoms with Crippen LogP contribution in [0, 0.1) is 11.8 Å². The van der Waals surface area contributed by atoms with Crippen molar-refractivity contribution in [2.45, 2.75) is 32.2 Å². The molecule has 1 aromatic heterocycles. The monoisotopic (exact) mass is 445 g/mol. The average Bonchev–Trinajstić information content (AvgIpc) is 3.45. The van der Waals surface area contributed by atoms with Crippen LogP contribution < -0.4 is 5.69 Å². The average molecular weight is 446 g/mol. The van der Waals surface area contributed by atoms with Crippen molar-refractivity contribution >= 4 is 5.91 Å². The zero-order valence-corrected chi connectivity index (χ0v) is 19.3. The van der Waals surface area contributed by atoms with Crippen LogP contribution in [0.5, 0.6) is 0 Å². The van der Waals surface area contributed by atoms with E-state index in [-0.39, 0.29) is 11.6 Å². The first-order valence-electron chi connectivity index (χ1n) is 11.8. The highest BCUT2D eigenvalue weighted by atomic mass is 16.2. The largest absolute Gasteiger partial charge is 0.347 e. The number of nitrogens with zero attached hydrogens (tertiary/aromatic N) is 4. The molecule has 5 rings (SSSR count). The fourth-order valence-corrected chi connectivity index (χ4v) is 4.80. The van der Waals surface area contributed by atoms with Gasteiger partial charge in [0.25, 0.3) is 0 Å². The Bertz CT molecular complexity index is 1190. The lowest BCUT2D eigenvalue weighted by Crippen LogP contribution is -2.30. The molecule has 7 heteroatoms. The number of carbonyl (C=O) groups is 1. The van der Waals surface area contributed by atoms with Gasteiger partial charge in [-0.2, -0.15) is 5.10 Å². The van der Waals surface area contributed by atoms with Crippen molar-refractivity contribution in [2.75, 3.05) is 27.2 Å².